The first kappa shape index (κ1) is 24.5. The summed E-state index contributed by atoms with van der Waals surface area (Å²) in [5.74, 6) is 6.10. The third-order valence-electron chi connectivity index (χ3n) is 4.28. The van der Waals surface area contributed by atoms with Crippen LogP contribution in [-0.4, -0.2) is 24.6 Å². The fraction of sp³-hybridized carbons (Fsp3) is 0.818. The van der Waals surface area contributed by atoms with E-state index in [1.807, 2.05) is 20.8 Å². The Morgan fingerprint density at radius 2 is 1.42 bits per heavy atom. The highest BCUT2D eigenvalue weighted by atomic mass is 16.5. The molecule has 0 saturated heterocycles. The molecule has 0 spiro atoms. The van der Waals surface area contributed by atoms with Crippen LogP contribution in [0.1, 0.15) is 98.3 Å². The summed E-state index contributed by atoms with van der Waals surface area (Å²) in [7, 11) is 0. The zero-order chi connectivity index (χ0) is 19.6. The molecule has 0 saturated carbocycles. The molecule has 0 heterocycles. The van der Waals surface area contributed by atoms with Crippen LogP contribution in [0.4, 0.5) is 0 Å². The summed E-state index contributed by atoms with van der Waals surface area (Å²) < 4.78 is 10.5. The Morgan fingerprint density at radius 3 is 2.08 bits per heavy atom. The molecule has 150 valence electrons. The number of esters is 2. The van der Waals surface area contributed by atoms with E-state index in [9.17, 15) is 9.59 Å². The van der Waals surface area contributed by atoms with Gasteiger partial charge in [-0.25, -0.2) is 0 Å². The van der Waals surface area contributed by atoms with Gasteiger partial charge in [0.2, 0.25) is 0 Å². The van der Waals surface area contributed by atoms with Crippen LogP contribution in [0.3, 0.4) is 0 Å². The second kappa shape index (κ2) is 16.9. The first-order chi connectivity index (χ1) is 12.5. The molecule has 0 aromatic carbocycles. The maximum Gasteiger partial charge on any atom is 0.306 e. The lowest BCUT2D eigenvalue weighted by Crippen LogP contribution is -2.20. The van der Waals surface area contributed by atoms with Crippen molar-refractivity contribution in [2.24, 2.45) is 5.92 Å². The minimum atomic E-state index is -0.236. The van der Waals surface area contributed by atoms with Crippen LogP contribution in [0.5, 0.6) is 0 Å². The molecule has 0 N–H and O–H groups in total. The van der Waals surface area contributed by atoms with E-state index in [2.05, 4.69) is 18.8 Å². The van der Waals surface area contributed by atoms with Gasteiger partial charge in [0.05, 0.1) is 6.61 Å². The van der Waals surface area contributed by atoms with Gasteiger partial charge in [0, 0.05) is 25.7 Å². The molecule has 0 fully saturated rings. The number of hydrogen-bond donors (Lipinski definition) is 0. The van der Waals surface area contributed by atoms with E-state index in [-0.39, 0.29) is 30.9 Å². The summed E-state index contributed by atoms with van der Waals surface area (Å²) in [5, 5.41) is 0. The quantitative estimate of drug-likeness (QED) is 0.234. The van der Waals surface area contributed by atoms with Crippen molar-refractivity contribution >= 4 is 11.9 Å². The lowest BCUT2D eigenvalue weighted by molar-refractivity contribution is -0.150. The highest BCUT2D eigenvalue weighted by molar-refractivity contribution is 5.72. The number of carbonyl (C=O) groups is 2. The van der Waals surface area contributed by atoms with Crippen molar-refractivity contribution in [3.8, 4) is 11.8 Å². The zero-order valence-corrected chi connectivity index (χ0v) is 17.3. The van der Waals surface area contributed by atoms with Crippen molar-refractivity contribution in [1.29, 1.82) is 0 Å². The maximum absolute atomic E-state index is 11.6. The van der Waals surface area contributed by atoms with Gasteiger partial charge in [-0.3, -0.25) is 9.59 Å². The SMILES string of the molecule is CCC#CCCCCCCCCOC(=O)CCCC(=O)OC(C)C(C)C. The molecular weight excluding hydrogens is 328 g/mol. The van der Waals surface area contributed by atoms with Gasteiger partial charge in [-0.05, 0) is 32.1 Å². The van der Waals surface area contributed by atoms with Gasteiger partial charge in [0.25, 0.3) is 0 Å². The molecule has 1 atom stereocenters. The predicted octanol–water partition coefficient (Wildman–Crippen LogP) is 5.43. The number of ether oxygens (including phenoxy) is 2. The van der Waals surface area contributed by atoms with Crippen molar-refractivity contribution in [1.82, 2.24) is 0 Å². The highest BCUT2D eigenvalue weighted by Crippen LogP contribution is 2.09. The predicted molar refractivity (Wildman–Crippen MR) is 106 cm³/mol. The minimum Gasteiger partial charge on any atom is -0.466 e. The molecule has 4 nitrogen and oxygen atoms in total. The van der Waals surface area contributed by atoms with Crippen LogP contribution < -0.4 is 0 Å². The normalized spacial score (nSPS) is 11.6. The number of rotatable bonds is 14. The minimum absolute atomic E-state index is 0.0845. The molecule has 1 unspecified atom stereocenters. The number of hydrogen-bond acceptors (Lipinski definition) is 4. The molecule has 26 heavy (non-hydrogen) atoms. The third kappa shape index (κ3) is 16.0. The summed E-state index contributed by atoms with van der Waals surface area (Å²) in [6, 6.07) is 0. The van der Waals surface area contributed by atoms with Gasteiger partial charge in [-0.15, -0.1) is 11.8 Å². The van der Waals surface area contributed by atoms with Crippen LogP contribution in [0.25, 0.3) is 0 Å². The summed E-state index contributed by atoms with van der Waals surface area (Å²) in [6.07, 6.45) is 9.72. The lowest BCUT2D eigenvalue weighted by atomic mass is 10.1. The summed E-state index contributed by atoms with van der Waals surface area (Å²) in [5.41, 5.74) is 0. The zero-order valence-electron chi connectivity index (χ0n) is 17.3. The standard InChI is InChI=1S/C22H38O4/c1-5-6-7-8-9-10-11-12-13-14-18-25-21(23)16-15-17-22(24)26-20(4)19(2)3/h19-20H,5,8-18H2,1-4H3. The molecule has 0 aliphatic carbocycles. The average Bonchev–Trinajstić information content (AvgIpc) is 2.59. The molecule has 0 aliphatic rings. The number of carbonyl (C=O) groups excluding carboxylic acids is 2. The van der Waals surface area contributed by atoms with E-state index in [4.69, 9.17) is 9.47 Å². The topological polar surface area (TPSA) is 52.6 Å². The van der Waals surface area contributed by atoms with Crippen molar-refractivity contribution in [3.05, 3.63) is 0 Å². The molecule has 4 heteroatoms. The fourth-order valence-electron chi connectivity index (χ4n) is 2.27. The molecule has 0 aromatic heterocycles. The summed E-state index contributed by atoms with van der Waals surface area (Å²) in [4.78, 5) is 23.2. The van der Waals surface area contributed by atoms with E-state index in [1.54, 1.807) is 0 Å². The van der Waals surface area contributed by atoms with Crippen LogP contribution in [0.15, 0.2) is 0 Å². The largest absolute Gasteiger partial charge is 0.466 e. The van der Waals surface area contributed by atoms with Crippen molar-refractivity contribution in [3.63, 3.8) is 0 Å². The van der Waals surface area contributed by atoms with Crippen LogP contribution in [-0.2, 0) is 19.1 Å². The van der Waals surface area contributed by atoms with Gasteiger partial charge in [0.1, 0.15) is 6.10 Å². The Kier molecular flexibility index (Phi) is 16.0. The van der Waals surface area contributed by atoms with Gasteiger partial charge in [-0.1, -0.05) is 46.5 Å². The molecule has 0 radical (unpaired) electrons. The third-order valence-corrected chi connectivity index (χ3v) is 4.28. The Morgan fingerprint density at radius 1 is 0.808 bits per heavy atom. The van der Waals surface area contributed by atoms with Gasteiger partial charge in [-0.2, -0.15) is 0 Å². The Bertz CT molecular complexity index is 431. The van der Waals surface area contributed by atoms with E-state index in [0.717, 1.165) is 25.7 Å². The molecule has 0 rings (SSSR count). The van der Waals surface area contributed by atoms with Crippen molar-refractivity contribution in [2.75, 3.05) is 6.61 Å². The molecule has 0 aliphatic heterocycles. The van der Waals surface area contributed by atoms with Crippen molar-refractivity contribution < 1.29 is 19.1 Å². The fourth-order valence-corrected chi connectivity index (χ4v) is 2.27. The Labute approximate surface area is 160 Å². The van der Waals surface area contributed by atoms with Crippen LogP contribution in [0.2, 0.25) is 0 Å². The molecular formula is C22H38O4. The van der Waals surface area contributed by atoms with Gasteiger partial charge >= 0.3 is 11.9 Å². The van der Waals surface area contributed by atoms with Crippen LogP contribution in [0, 0.1) is 17.8 Å². The van der Waals surface area contributed by atoms with E-state index >= 15 is 0 Å². The average molecular weight is 367 g/mol. The second-order valence-electron chi connectivity index (χ2n) is 7.09. The summed E-state index contributed by atoms with van der Waals surface area (Å²) >= 11 is 0. The maximum atomic E-state index is 11.6. The molecule has 0 bridgehead atoms. The summed E-state index contributed by atoms with van der Waals surface area (Å²) in [6.45, 7) is 8.46. The monoisotopic (exact) mass is 366 g/mol. The molecule has 0 aromatic rings. The smallest absolute Gasteiger partial charge is 0.306 e. The van der Waals surface area contributed by atoms with Gasteiger partial charge in [0.15, 0.2) is 0 Å². The highest BCUT2D eigenvalue weighted by Gasteiger charge is 2.13. The Hall–Kier alpha value is -1.50. The molecule has 0 amide bonds. The van der Waals surface area contributed by atoms with E-state index < -0.39 is 0 Å². The Balaban J connectivity index is 3.43. The first-order valence-corrected chi connectivity index (χ1v) is 10.3. The van der Waals surface area contributed by atoms with Gasteiger partial charge < -0.3 is 9.47 Å². The first-order valence-electron chi connectivity index (χ1n) is 10.3. The lowest BCUT2D eigenvalue weighted by Gasteiger charge is -2.16. The number of unbranched alkanes of at least 4 members (excludes halogenated alkanes) is 6. The van der Waals surface area contributed by atoms with E-state index in [1.165, 1.54) is 25.7 Å². The second-order valence-corrected chi connectivity index (χ2v) is 7.09. The van der Waals surface area contributed by atoms with Crippen LogP contribution >= 0.6 is 0 Å². The van der Waals surface area contributed by atoms with Crippen molar-refractivity contribution in [2.45, 2.75) is 104 Å². The van der Waals surface area contributed by atoms with E-state index in [0.29, 0.717) is 18.9 Å².